The summed E-state index contributed by atoms with van der Waals surface area (Å²) in [7, 11) is -1.91. The van der Waals surface area contributed by atoms with Crippen molar-refractivity contribution in [2.75, 3.05) is 18.0 Å². The second kappa shape index (κ2) is 7.35. The summed E-state index contributed by atoms with van der Waals surface area (Å²) in [4.78, 5) is 14.2. The molecule has 3 aromatic rings. The van der Waals surface area contributed by atoms with Gasteiger partial charge in [-0.15, -0.1) is 0 Å². The van der Waals surface area contributed by atoms with Crippen LogP contribution >= 0.6 is 11.3 Å². The van der Waals surface area contributed by atoms with Gasteiger partial charge in [0, 0.05) is 31.9 Å². The molecule has 28 heavy (non-hydrogen) atoms. The minimum absolute atomic E-state index is 0.0995. The van der Waals surface area contributed by atoms with Crippen molar-refractivity contribution in [2.45, 2.75) is 30.7 Å². The van der Waals surface area contributed by atoms with Crippen LogP contribution in [-0.4, -0.2) is 32.1 Å². The van der Waals surface area contributed by atoms with E-state index in [1.54, 1.807) is 25.2 Å². The SMILES string of the molecule is C[C@H]1Cc2ccccc2N1CCCNS(=O)(=O)c1ccc2c(c1)sc(=O)n2C. The van der Waals surface area contributed by atoms with Gasteiger partial charge in [0.2, 0.25) is 10.0 Å². The minimum Gasteiger partial charge on any atom is -0.368 e. The first-order valence-electron chi connectivity index (χ1n) is 9.30. The molecule has 148 valence electrons. The zero-order chi connectivity index (χ0) is 19.9. The number of para-hydroxylation sites is 1. The molecular formula is C20H23N3O3S2. The third kappa shape index (κ3) is 3.47. The maximum atomic E-state index is 12.6. The van der Waals surface area contributed by atoms with Crippen LogP contribution in [-0.2, 0) is 23.5 Å². The lowest BCUT2D eigenvalue weighted by molar-refractivity contribution is 0.576. The molecule has 1 aromatic heterocycles. The van der Waals surface area contributed by atoms with Gasteiger partial charge in [-0.1, -0.05) is 29.5 Å². The highest BCUT2D eigenvalue weighted by atomic mass is 32.2. The molecule has 0 spiro atoms. The van der Waals surface area contributed by atoms with E-state index in [1.807, 2.05) is 6.07 Å². The highest BCUT2D eigenvalue weighted by molar-refractivity contribution is 7.89. The largest absolute Gasteiger partial charge is 0.368 e. The molecule has 8 heteroatoms. The number of aryl methyl sites for hydroxylation is 1. The van der Waals surface area contributed by atoms with Gasteiger partial charge in [0.15, 0.2) is 0 Å². The fourth-order valence-corrected chi connectivity index (χ4v) is 5.88. The first kappa shape index (κ1) is 19.2. The summed E-state index contributed by atoms with van der Waals surface area (Å²) < 4.78 is 30.1. The average molecular weight is 418 g/mol. The summed E-state index contributed by atoms with van der Waals surface area (Å²) in [5.41, 5.74) is 3.35. The fraction of sp³-hybridized carbons (Fsp3) is 0.350. The molecular weight excluding hydrogens is 394 g/mol. The number of aromatic nitrogens is 1. The molecule has 1 aliphatic rings. The molecule has 1 N–H and O–H groups in total. The molecule has 6 nitrogen and oxygen atoms in total. The molecule has 2 aromatic carbocycles. The number of nitrogens with one attached hydrogen (secondary N) is 1. The Bertz CT molecular complexity index is 1180. The normalized spacial score (nSPS) is 16.6. The lowest BCUT2D eigenvalue weighted by Gasteiger charge is -2.24. The van der Waals surface area contributed by atoms with Gasteiger partial charge in [0.1, 0.15) is 0 Å². The first-order valence-corrected chi connectivity index (χ1v) is 11.6. The Labute approximate surface area is 168 Å². The van der Waals surface area contributed by atoms with E-state index in [9.17, 15) is 13.2 Å². The van der Waals surface area contributed by atoms with Gasteiger partial charge in [-0.2, -0.15) is 0 Å². The van der Waals surface area contributed by atoms with Gasteiger partial charge in [-0.05, 0) is 49.6 Å². The van der Waals surface area contributed by atoms with Crippen molar-refractivity contribution >= 4 is 37.3 Å². The van der Waals surface area contributed by atoms with Crippen LogP contribution in [0.1, 0.15) is 18.9 Å². The predicted molar refractivity (Wildman–Crippen MR) is 114 cm³/mol. The quantitative estimate of drug-likeness (QED) is 0.626. The van der Waals surface area contributed by atoms with E-state index in [2.05, 4.69) is 34.7 Å². The zero-order valence-electron chi connectivity index (χ0n) is 15.9. The zero-order valence-corrected chi connectivity index (χ0v) is 17.5. The molecule has 0 fully saturated rings. The Hall–Kier alpha value is -2.16. The molecule has 2 heterocycles. The van der Waals surface area contributed by atoms with E-state index < -0.39 is 10.0 Å². The van der Waals surface area contributed by atoms with Crippen LogP contribution in [0.4, 0.5) is 5.69 Å². The van der Waals surface area contributed by atoms with Crippen LogP contribution in [0, 0.1) is 0 Å². The molecule has 0 bridgehead atoms. The molecule has 0 radical (unpaired) electrons. The topological polar surface area (TPSA) is 71.4 Å². The van der Waals surface area contributed by atoms with Gasteiger partial charge in [0.25, 0.3) is 0 Å². The van der Waals surface area contributed by atoms with Gasteiger partial charge in [-0.3, -0.25) is 4.79 Å². The summed E-state index contributed by atoms with van der Waals surface area (Å²) >= 11 is 1.06. The number of thiazole rings is 1. The smallest absolute Gasteiger partial charge is 0.307 e. The molecule has 1 aliphatic heterocycles. The third-order valence-electron chi connectivity index (χ3n) is 5.29. The fourth-order valence-electron chi connectivity index (χ4n) is 3.79. The number of hydrogen-bond acceptors (Lipinski definition) is 5. The van der Waals surface area contributed by atoms with E-state index in [0.717, 1.165) is 36.2 Å². The predicted octanol–water partition coefficient (Wildman–Crippen LogP) is 2.72. The van der Waals surface area contributed by atoms with Crippen LogP contribution in [0.15, 0.2) is 52.2 Å². The molecule has 1 atom stereocenters. The molecule has 4 rings (SSSR count). The average Bonchev–Trinajstić information content (AvgIpc) is 3.14. The number of sulfonamides is 1. The number of benzene rings is 2. The Kier molecular flexibility index (Phi) is 5.03. The van der Waals surface area contributed by atoms with E-state index in [4.69, 9.17) is 0 Å². The van der Waals surface area contributed by atoms with Crippen molar-refractivity contribution < 1.29 is 8.42 Å². The van der Waals surface area contributed by atoms with Gasteiger partial charge >= 0.3 is 4.87 Å². The van der Waals surface area contributed by atoms with Crippen LogP contribution in [0.3, 0.4) is 0 Å². The number of fused-ring (bicyclic) bond motifs is 2. The molecule has 0 saturated heterocycles. The number of nitrogens with zero attached hydrogens (tertiary/aromatic N) is 2. The summed E-state index contributed by atoms with van der Waals surface area (Å²) in [6.45, 7) is 3.38. The summed E-state index contributed by atoms with van der Waals surface area (Å²) in [5, 5.41) is 0. The van der Waals surface area contributed by atoms with Crippen LogP contribution in [0.25, 0.3) is 10.2 Å². The Balaban J connectivity index is 1.40. The second-order valence-corrected chi connectivity index (χ2v) is 9.94. The number of rotatable bonds is 6. The molecule has 0 amide bonds. The van der Waals surface area contributed by atoms with Crippen molar-refractivity contribution in [1.82, 2.24) is 9.29 Å². The molecule has 0 saturated carbocycles. The van der Waals surface area contributed by atoms with Crippen molar-refractivity contribution in [3.8, 4) is 0 Å². The number of hydrogen-bond donors (Lipinski definition) is 1. The van der Waals surface area contributed by atoms with Crippen molar-refractivity contribution in [3.63, 3.8) is 0 Å². The summed E-state index contributed by atoms with van der Waals surface area (Å²) in [5.74, 6) is 0. The Morgan fingerprint density at radius 1 is 1.21 bits per heavy atom. The third-order valence-corrected chi connectivity index (χ3v) is 7.74. The van der Waals surface area contributed by atoms with Crippen molar-refractivity contribution in [1.29, 1.82) is 0 Å². The van der Waals surface area contributed by atoms with E-state index >= 15 is 0 Å². The minimum atomic E-state index is -3.60. The summed E-state index contributed by atoms with van der Waals surface area (Å²) in [6, 6.07) is 13.6. The van der Waals surface area contributed by atoms with Gasteiger partial charge < -0.3 is 9.47 Å². The Morgan fingerprint density at radius 3 is 2.82 bits per heavy atom. The lowest BCUT2D eigenvalue weighted by atomic mass is 10.1. The maximum Gasteiger partial charge on any atom is 0.307 e. The van der Waals surface area contributed by atoms with E-state index in [-0.39, 0.29) is 9.77 Å². The highest BCUT2D eigenvalue weighted by Gasteiger charge is 2.25. The Morgan fingerprint density at radius 2 is 2.00 bits per heavy atom. The van der Waals surface area contributed by atoms with Crippen molar-refractivity contribution in [2.24, 2.45) is 7.05 Å². The number of anilines is 1. The van der Waals surface area contributed by atoms with Crippen LogP contribution in [0.2, 0.25) is 0 Å². The first-order chi connectivity index (χ1) is 13.4. The van der Waals surface area contributed by atoms with Crippen LogP contribution in [0.5, 0.6) is 0 Å². The standard InChI is InChI=1S/C20H23N3O3S2/c1-14-12-15-6-3-4-7-17(15)23(14)11-5-10-21-28(25,26)16-8-9-18-19(13-16)27-20(24)22(18)2/h3-4,6-9,13-14,21H,5,10-12H2,1-2H3/t14-/m0/s1. The lowest BCUT2D eigenvalue weighted by Crippen LogP contribution is -2.33. The maximum absolute atomic E-state index is 12.6. The molecule has 0 aliphatic carbocycles. The van der Waals surface area contributed by atoms with Gasteiger partial charge in [-0.25, -0.2) is 13.1 Å². The van der Waals surface area contributed by atoms with Gasteiger partial charge in [0.05, 0.1) is 15.1 Å². The van der Waals surface area contributed by atoms with E-state index in [1.165, 1.54) is 15.8 Å². The second-order valence-electron chi connectivity index (χ2n) is 7.18. The highest BCUT2D eigenvalue weighted by Crippen LogP contribution is 2.31. The summed E-state index contributed by atoms with van der Waals surface area (Å²) in [6.07, 6.45) is 1.75. The monoisotopic (exact) mass is 417 g/mol. The van der Waals surface area contributed by atoms with Crippen molar-refractivity contribution in [3.05, 3.63) is 57.7 Å². The molecule has 0 unspecified atom stereocenters. The van der Waals surface area contributed by atoms with E-state index in [0.29, 0.717) is 17.3 Å². The van der Waals surface area contributed by atoms with Crippen LogP contribution < -0.4 is 14.5 Å².